The van der Waals surface area contributed by atoms with E-state index in [-0.39, 0.29) is 12.5 Å². The van der Waals surface area contributed by atoms with E-state index in [9.17, 15) is 4.79 Å². The highest BCUT2D eigenvalue weighted by Gasteiger charge is 2.49. The highest BCUT2D eigenvalue weighted by molar-refractivity contribution is 5.68. The molecule has 1 spiro atoms. The fourth-order valence-electron chi connectivity index (χ4n) is 3.33. The molecule has 1 saturated carbocycles. The summed E-state index contributed by atoms with van der Waals surface area (Å²) in [6, 6.07) is 10.1. The number of rotatable bonds is 4. The number of carbonyl (C=O) groups is 1. The Morgan fingerprint density at radius 3 is 2.44 bits per heavy atom. The zero-order chi connectivity index (χ0) is 12.6. The first-order valence-corrected chi connectivity index (χ1v) is 6.69. The lowest BCUT2D eigenvalue weighted by molar-refractivity contribution is -0.142. The highest BCUT2D eigenvalue weighted by atomic mass is 16.4. The Labute approximate surface area is 107 Å². The first-order valence-electron chi connectivity index (χ1n) is 6.69. The minimum Gasteiger partial charge on any atom is -0.481 e. The molecule has 3 rings (SSSR count). The van der Waals surface area contributed by atoms with E-state index in [1.165, 1.54) is 19.3 Å². The highest BCUT2D eigenvalue weighted by Crippen LogP contribution is 2.50. The first kappa shape index (κ1) is 11.7. The Morgan fingerprint density at radius 2 is 1.94 bits per heavy atom. The van der Waals surface area contributed by atoms with E-state index in [2.05, 4.69) is 4.90 Å². The van der Waals surface area contributed by atoms with Crippen molar-refractivity contribution in [1.82, 2.24) is 4.90 Å². The number of benzene rings is 1. The molecular formula is C15H19NO2. The SMILES string of the molecule is O=C(O)CC(c1ccccc1)N1CC2(CCC2)C1. The summed E-state index contributed by atoms with van der Waals surface area (Å²) < 4.78 is 0. The van der Waals surface area contributed by atoms with E-state index in [0.29, 0.717) is 5.41 Å². The van der Waals surface area contributed by atoms with Crippen LogP contribution in [-0.2, 0) is 4.79 Å². The summed E-state index contributed by atoms with van der Waals surface area (Å²) >= 11 is 0. The van der Waals surface area contributed by atoms with Crippen LogP contribution in [0.25, 0.3) is 0 Å². The molecule has 2 fully saturated rings. The lowest BCUT2D eigenvalue weighted by atomic mass is 9.63. The Morgan fingerprint density at radius 1 is 1.28 bits per heavy atom. The average molecular weight is 245 g/mol. The summed E-state index contributed by atoms with van der Waals surface area (Å²) in [5, 5.41) is 9.09. The maximum atomic E-state index is 11.0. The van der Waals surface area contributed by atoms with Crippen LogP contribution in [0.15, 0.2) is 30.3 Å². The monoisotopic (exact) mass is 245 g/mol. The number of hydrogen-bond acceptors (Lipinski definition) is 2. The number of carboxylic acids is 1. The van der Waals surface area contributed by atoms with Crippen molar-refractivity contribution in [2.24, 2.45) is 5.41 Å². The fourth-order valence-corrected chi connectivity index (χ4v) is 3.33. The maximum absolute atomic E-state index is 11.0. The molecule has 0 bridgehead atoms. The third kappa shape index (κ3) is 2.03. The third-order valence-electron chi connectivity index (χ3n) is 4.48. The van der Waals surface area contributed by atoms with E-state index in [4.69, 9.17) is 5.11 Å². The zero-order valence-electron chi connectivity index (χ0n) is 10.5. The Bertz CT molecular complexity index is 431. The molecule has 0 aromatic heterocycles. The molecule has 1 N–H and O–H groups in total. The molecule has 1 atom stereocenters. The van der Waals surface area contributed by atoms with Gasteiger partial charge in [0.05, 0.1) is 6.42 Å². The standard InChI is InChI=1S/C15H19NO2/c17-14(18)9-13(12-5-2-1-3-6-12)16-10-15(11-16)7-4-8-15/h1-3,5-6,13H,4,7-11H2,(H,17,18). The van der Waals surface area contributed by atoms with Gasteiger partial charge in [-0.2, -0.15) is 0 Å². The van der Waals surface area contributed by atoms with E-state index in [0.717, 1.165) is 18.7 Å². The molecule has 1 aliphatic heterocycles. The number of carboxylic acid groups (broad SMARTS) is 1. The van der Waals surface area contributed by atoms with Gasteiger partial charge in [-0.3, -0.25) is 9.69 Å². The molecule has 3 heteroatoms. The van der Waals surface area contributed by atoms with Gasteiger partial charge >= 0.3 is 5.97 Å². The van der Waals surface area contributed by atoms with Crippen LogP contribution >= 0.6 is 0 Å². The lowest BCUT2D eigenvalue weighted by Crippen LogP contribution is -2.60. The number of likely N-dealkylation sites (tertiary alicyclic amines) is 1. The van der Waals surface area contributed by atoms with Crippen LogP contribution in [0.5, 0.6) is 0 Å². The summed E-state index contributed by atoms with van der Waals surface area (Å²) in [6.45, 7) is 2.17. The van der Waals surface area contributed by atoms with Crippen LogP contribution < -0.4 is 0 Å². The van der Waals surface area contributed by atoms with Gasteiger partial charge in [-0.1, -0.05) is 36.8 Å². The molecule has 0 amide bonds. The van der Waals surface area contributed by atoms with Crippen molar-refractivity contribution in [1.29, 1.82) is 0 Å². The van der Waals surface area contributed by atoms with Crippen LogP contribution in [0, 0.1) is 5.41 Å². The summed E-state index contributed by atoms with van der Waals surface area (Å²) in [5.74, 6) is -0.710. The molecule has 2 aliphatic rings. The molecule has 1 aromatic carbocycles. The van der Waals surface area contributed by atoms with Gasteiger partial charge in [0.25, 0.3) is 0 Å². The normalized spacial score (nSPS) is 23.1. The first-order chi connectivity index (χ1) is 8.69. The van der Waals surface area contributed by atoms with Gasteiger partial charge in [-0.25, -0.2) is 0 Å². The van der Waals surface area contributed by atoms with Crippen molar-refractivity contribution in [3.05, 3.63) is 35.9 Å². The van der Waals surface area contributed by atoms with Gasteiger partial charge in [0.2, 0.25) is 0 Å². The maximum Gasteiger partial charge on any atom is 0.305 e. The molecule has 1 heterocycles. The molecule has 1 saturated heterocycles. The van der Waals surface area contributed by atoms with Gasteiger partial charge in [0, 0.05) is 19.1 Å². The van der Waals surface area contributed by atoms with Gasteiger partial charge in [0.1, 0.15) is 0 Å². The van der Waals surface area contributed by atoms with E-state index in [1.807, 2.05) is 30.3 Å². The predicted octanol–water partition coefficient (Wildman–Crippen LogP) is 2.69. The second-order valence-electron chi connectivity index (χ2n) is 5.78. The van der Waals surface area contributed by atoms with Crippen molar-refractivity contribution in [2.45, 2.75) is 31.7 Å². The smallest absolute Gasteiger partial charge is 0.305 e. The molecule has 0 radical (unpaired) electrons. The number of aliphatic carboxylic acids is 1. The van der Waals surface area contributed by atoms with Crippen LogP contribution in [-0.4, -0.2) is 29.1 Å². The summed E-state index contributed by atoms with van der Waals surface area (Å²) in [6.07, 6.45) is 4.22. The molecule has 1 aromatic rings. The summed E-state index contributed by atoms with van der Waals surface area (Å²) in [4.78, 5) is 13.4. The second-order valence-corrected chi connectivity index (χ2v) is 5.78. The molecule has 96 valence electrons. The van der Waals surface area contributed by atoms with Crippen molar-refractivity contribution >= 4 is 5.97 Å². The van der Waals surface area contributed by atoms with Crippen molar-refractivity contribution in [3.8, 4) is 0 Å². The predicted molar refractivity (Wildman–Crippen MR) is 69.3 cm³/mol. The Hall–Kier alpha value is -1.35. The van der Waals surface area contributed by atoms with Crippen molar-refractivity contribution in [2.75, 3.05) is 13.1 Å². The fraction of sp³-hybridized carbons (Fsp3) is 0.533. The largest absolute Gasteiger partial charge is 0.481 e. The van der Waals surface area contributed by atoms with Gasteiger partial charge in [0.15, 0.2) is 0 Å². The van der Waals surface area contributed by atoms with Gasteiger partial charge < -0.3 is 5.11 Å². The topological polar surface area (TPSA) is 40.5 Å². The molecule has 1 aliphatic carbocycles. The van der Waals surface area contributed by atoms with Crippen LogP contribution in [0.2, 0.25) is 0 Å². The third-order valence-corrected chi connectivity index (χ3v) is 4.48. The van der Waals surface area contributed by atoms with E-state index >= 15 is 0 Å². The van der Waals surface area contributed by atoms with Crippen molar-refractivity contribution < 1.29 is 9.90 Å². The zero-order valence-corrected chi connectivity index (χ0v) is 10.5. The van der Waals surface area contributed by atoms with E-state index in [1.54, 1.807) is 0 Å². The molecule has 1 unspecified atom stereocenters. The quantitative estimate of drug-likeness (QED) is 0.886. The molecular weight excluding hydrogens is 226 g/mol. The average Bonchev–Trinajstić information content (AvgIpc) is 2.24. The van der Waals surface area contributed by atoms with E-state index < -0.39 is 5.97 Å². The van der Waals surface area contributed by atoms with Crippen LogP contribution in [0.3, 0.4) is 0 Å². The second kappa shape index (κ2) is 4.39. The lowest BCUT2D eigenvalue weighted by Gasteiger charge is -2.58. The molecule has 18 heavy (non-hydrogen) atoms. The number of nitrogens with zero attached hydrogens (tertiary/aromatic N) is 1. The minimum atomic E-state index is -0.710. The van der Waals surface area contributed by atoms with Crippen LogP contribution in [0.4, 0.5) is 0 Å². The Kier molecular flexibility index (Phi) is 2.86. The minimum absolute atomic E-state index is 0.0509. The van der Waals surface area contributed by atoms with Crippen molar-refractivity contribution in [3.63, 3.8) is 0 Å². The summed E-state index contributed by atoms with van der Waals surface area (Å²) in [7, 11) is 0. The Balaban J connectivity index is 1.72. The number of hydrogen-bond donors (Lipinski definition) is 1. The van der Waals surface area contributed by atoms with Gasteiger partial charge in [-0.15, -0.1) is 0 Å². The van der Waals surface area contributed by atoms with Crippen LogP contribution in [0.1, 0.15) is 37.3 Å². The molecule has 3 nitrogen and oxygen atoms in total. The van der Waals surface area contributed by atoms with Gasteiger partial charge in [-0.05, 0) is 23.8 Å². The summed E-state index contributed by atoms with van der Waals surface area (Å²) in [5.41, 5.74) is 1.68.